The van der Waals surface area contributed by atoms with E-state index >= 15 is 0 Å². The minimum absolute atomic E-state index is 0.129. The molecule has 0 amide bonds. The summed E-state index contributed by atoms with van der Waals surface area (Å²) in [4.78, 5) is 11.7. The molecule has 0 heterocycles. The molecule has 0 atom stereocenters. The van der Waals surface area contributed by atoms with Crippen molar-refractivity contribution >= 4 is 11.5 Å². The first-order valence-electron chi connectivity index (χ1n) is 6.86. The van der Waals surface area contributed by atoms with Gasteiger partial charge in [0.1, 0.15) is 5.83 Å². The largest absolute Gasteiger partial charge is 0.465 e. The molecule has 3 heteroatoms. The van der Waals surface area contributed by atoms with Crippen molar-refractivity contribution in [2.75, 3.05) is 7.11 Å². The van der Waals surface area contributed by atoms with E-state index in [2.05, 4.69) is 0 Å². The third-order valence-corrected chi connectivity index (χ3v) is 3.75. The van der Waals surface area contributed by atoms with E-state index in [1.165, 1.54) is 7.11 Å². The van der Waals surface area contributed by atoms with Crippen LogP contribution < -0.4 is 0 Å². The number of hydrogen-bond acceptors (Lipinski definition) is 2. The van der Waals surface area contributed by atoms with E-state index in [4.69, 9.17) is 4.74 Å². The molecule has 21 heavy (non-hydrogen) atoms. The van der Waals surface area contributed by atoms with E-state index in [-0.39, 0.29) is 5.83 Å². The second-order valence-corrected chi connectivity index (χ2v) is 5.01. The maximum Gasteiger partial charge on any atom is 0.337 e. The number of benzene rings is 2. The molecule has 0 saturated heterocycles. The fraction of sp³-hybridized carbons (Fsp3) is 0.167. The van der Waals surface area contributed by atoms with Crippen molar-refractivity contribution in [1.29, 1.82) is 0 Å². The van der Waals surface area contributed by atoms with Crippen LogP contribution in [0, 0.1) is 0 Å². The van der Waals surface area contributed by atoms with Gasteiger partial charge >= 0.3 is 5.97 Å². The second kappa shape index (κ2) is 5.52. The van der Waals surface area contributed by atoms with Crippen LogP contribution in [-0.2, 0) is 11.2 Å². The van der Waals surface area contributed by atoms with E-state index < -0.39 is 5.97 Å². The lowest BCUT2D eigenvalue weighted by molar-refractivity contribution is 0.0600. The number of carbonyl (C=O) groups excluding carboxylic acids is 1. The molecule has 0 aromatic heterocycles. The van der Waals surface area contributed by atoms with Crippen LogP contribution >= 0.6 is 0 Å². The van der Waals surface area contributed by atoms with Gasteiger partial charge in [-0.1, -0.05) is 36.4 Å². The summed E-state index contributed by atoms with van der Waals surface area (Å²) in [6.07, 6.45) is 1.05. The number of methoxy groups -OCH3 is 1. The number of rotatable bonds is 2. The third kappa shape index (κ3) is 2.47. The van der Waals surface area contributed by atoms with Gasteiger partial charge in [0, 0.05) is 12.0 Å². The average molecular weight is 282 g/mol. The lowest BCUT2D eigenvalue weighted by Crippen LogP contribution is -2.08. The number of fused-ring (bicyclic) bond motifs is 1. The number of aryl methyl sites for hydroxylation is 1. The molecule has 0 N–H and O–H groups in total. The topological polar surface area (TPSA) is 26.3 Å². The average Bonchev–Trinajstić information content (AvgIpc) is 2.54. The van der Waals surface area contributed by atoms with Gasteiger partial charge in [0.25, 0.3) is 0 Å². The number of allylic oxidation sites excluding steroid dienone is 1. The molecule has 0 unspecified atom stereocenters. The Kier molecular flexibility index (Phi) is 3.57. The Hall–Kier alpha value is -2.42. The highest BCUT2D eigenvalue weighted by Gasteiger charge is 2.22. The lowest BCUT2D eigenvalue weighted by Gasteiger charge is -2.20. The van der Waals surface area contributed by atoms with Gasteiger partial charge in [0.05, 0.1) is 12.7 Å². The van der Waals surface area contributed by atoms with Crippen LogP contribution in [0.1, 0.15) is 33.5 Å². The smallest absolute Gasteiger partial charge is 0.337 e. The summed E-state index contributed by atoms with van der Waals surface area (Å²) in [7, 11) is 1.34. The van der Waals surface area contributed by atoms with E-state index in [9.17, 15) is 9.18 Å². The van der Waals surface area contributed by atoms with Crippen molar-refractivity contribution in [1.82, 2.24) is 0 Å². The fourth-order valence-corrected chi connectivity index (χ4v) is 2.70. The first-order chi connectivity index (χ1) is 10.2. The molecular formula is C18H15FO2. The van der Waals surface area contributed by atoms with Crippen molar-refractivity contribution in [2.45, 2.75) is 12.8 Å². The van der Waals surface area contributed by atoms with Crippen LogP contribution in [0.4, 0.5) is 4.39 Å². The molecule has 2 aromatic rings. The monoisotopic (exact) mass is 282 g/mol. The SMILES string of the molecule is COC(=O)c1ccc2c(c1)C(c1ccccc1)=C(F)CC2. The second-order valence-electron chi connectivity index (χ2n) is 5.01. The zero-order chi connectivity index (χ0) is 14.8. The Morgan fingerprint density at radius 3 is 2.57 bits per heavy atom. The summed E-state index contributed by atoms with van der Waals surface area (Å²) in [6.45, 7) is 0. The molecule has 0 bridgehead atoms. The highest BCUT2D eigenvalue weighted by Crippen LogP contribution is 2.37. The number of hydrogen-bond donors (Lipinski definition) is 0. The van der Waals surface area contributed by atoms with Crippen molar-refractivity contribution in [3.8, 4) is 0 Å². The van der Waals surface area contributed by atoms with Crippen LogP contribution in [0.2, 0.25) is 0 Å². The van der Waals surface area contributed by atoms with Gasteiger partial charge in [0.15, 0.2) is 0 Å². The van der Waals surface area contributed by atoms with E-state index in [0.717, 1.165) is 16.7 Å². The Labute approximate surface area is 122 Å². The molecule has 2 nitrogen and oxygen atoms in total. The number of ether oxygens (including phenoxy) is 1. The van der Waals surface area contributed by atoms with Crippen LogP contribution in [0.15, 0.2) is 54.4 Å². The van der Waals surface area contributed by atoms with Crippen molar-refractivity contribution in [3.05, 3.63) is 76.6 Å². The van der Waals surface area contributed by atoms with Crippen LogP contribution in [0.25, 0.3) is 5.57 Å². The Balaban J connectivity index is 2.17. The molecule has 0 saturated carbocycles. The van der Waals surface area contributed by atoms with Gasteiger partial charge in [-0.2, -0.15) is 0 Å². The van der Waals surface area contributed by atoms with Crippen LogP contribution in [0.5, 0.6) is 0 Å². The van der Waals surface area contributed by atoms with Gasteiger partial charge < -0.3 is 4.74 Å². The highest BCUT2D eigenvalue weighted by atomic mass is 19.1. The van der Waals surface area contributed by atoms with Gasteiger partial charge in [-0.3, -0.25) is 0 Å². The molecule has 3 rings (SSSR count). The summed E-state index contributed by atoms with van der Waals surface area (Å²) in [5.74, 6) is -0.535. The molecule has 0 radical (unpaired) electrons. The zero-order valence-electron chi connectivity index (χ0n) is 11.7. The summed E-state index contributed by atoms with van der Waals surface area (Å²) in [5, 5.41) is 0. The van der Waals surface area contributed by atoms with Gasteiger partial charge in [0.2, 0.25) is 0 Å². The van der Waals surface area contributed by atoms with E-state index in [1.807, 2.05) is 36.4 Å². The molecule has 0 fully saturated rings. The lowest BCUT2D eigenvalue weighted by atomic mass is 9.85. The van der Waals surface area contributed by atoms with E-state index in [1.54, 1.807) is 12.1 Å². The summed E-state index contributed by atoms with van der Waals surface area (Å²) >= 11 is 0. The Bertz CT molecular complexity index is 717. The van der Waals surface area contributed by atoms with E-state index in [0.29, 0.717) is 24.0 Å². The minimum Gasteiger partial charge on any atom is -0.465 e. The third-order valence-electron chi connectivity index (χ3n) is 3.75. The maximum absolute atomic E-state index is 14.4. The molecule has 1 aliphatic rings. The molecular weight excluding hydrogens is 267 g/mol. The normalized spacial score (nSPS) is 13.8. The molecule has 0 aliphatic heterocycles. The van der Waals surface area contributed by atoms with Crippen LogP contribution in [-0.4, -0.2) is 13.1 Å². The predicted molar refractivity (Wildman–Crippen MR) is 79.7 cm³/mol. The van der Waals surface area contributed by atoms with Crippen molar-refractivity contribution < 1.29 is 13.9 Å². The molecule has 2 aromatic carbocycles. The van der Waals surface area contributed by atoms with Crippen molar-refractivity contribution in [3.63, 3.8) is 0 Å². The molecule has 0 spiro atoms. The first-order valence-corrected chi connectivity index (χ1v) is 6.86. The Morgan fingerprint density at radius 2 is 1.86 bits per heavy atom. The van der Waals surface area contributed by atoms with Crippen LogP contribution in [0.3, 0.4) is 0 Å². The standard InChI is InChI=1S/C18H15FO2/c1-21-18(20)14-8-7-12-9-10-16(19)17(15(12)11-14)13-5-3-2-4-6-13/h2-8,11H,9-10H2,1H3. The van der Waals surface area contributed by atoms with Gasteiger partial charge in [-0.15, -0.1) is 0 Å². The fourth-order valence-electron chi connectivity index (χ4n) is 2.70. The molecule has 1 aliphatic carbocycles. The van der Waals surface area contributed by atoms with Crippen molar-refractivity contribution in [2.24, 2.45) is 0 Å². The number of esters is 1. The quantitative estimate of drug-likeness (QED) is 0.773. The minimum atomic E-state index is -0.406. The first kappa shape index (κ1) is 13.6. The molecule has 106 valence electrons. The Morgan fingerprint density at radius 1 is 1.10 bits per heavy atom. The number of halogens is 1. The predicted octanol–water partition coefficient (Wildman–Crippen LogP) is 4.15. The van der Waals surface area contributed by atoms with Gasteiger partial charge in [-0.25, -0.2) is 9.18 Å². The highest BCUT2D eigenvalue weighted by molar-refractivity contribution is 5.93. The maximum atomic E-state index is 14.4. The zero-order valence-corrected chi connectivity index (χ0v) is 11.7. The van der Waals surface area contributed by atoms with Gasteiger partial charge in [-0.05, 0) is 35.2 Å². The summed E-state index contributed by atoms with van der Waals surface area (Å²) in [6, 6.07) is 14.8. The number of carbonyl (C=O) groups is 1. The summed E-state index contributed by atoms with van der Waals surface area (Å²) in [5.41, 5.74) is 3.70. The summed E-state index contributed by atoms with van der Waals surface area (Å²) < 4.78 is 19.1.